The summed E-state index contributed by atoms with van der Waals surface area (Å²) in [4.78, 5) is 26.1. The lowest BCUT2D eigenvalue weighted by molar-refractivity contribution is -0.136. The van der Waals surface area contributed by atoms with Crippen molar-refractivity contribution in [3.63, 3.8) is 0 Å². The van der Waals surface area contributed by atoms with Gasteiger partial charge in [0.15, 0.2) is 0 Å². The molecule has 1 atom stereocenters. The summed E-state index contributed by atoms with van der Waals surface area (Å²) in [5.74, 6) is -1.03. The Hall–Kier alpha value is -2.37. The Bertz CT molecular complexity index is 667. The highest BCUT2D eigenvalue weighted by Crippen LogP contribution is 2.38. The van der Waals surface area contributed by atoms with Crippen LogP contribution < -0.4 is 5.32 Å². The van der Waals surface area contributed by atoms with E-state index >= 15 is 0 Å². The summed E-state index contributed by atoms with van der Waals surface area (Å²) < 4.78 is 18.9. The van der Waals surface area contributed by atoms with Crippen molar-refractivity contribution >= 4 is 12.0 Å². The Balaban J connectivity index is 2.11. The lowest BCUT2D eigenvalue weighted by Crippen LogP contribution is -2.49. The molecule has 1 aromatic rings. The molecule has 0 saturated heterocycles. The quantitative estimate of drug-likeness (QED) is 0.873. The summed E-state index contributed by atoms with van der Waals surface area (Å²) in [5.41, 5.74) is 1.07. The fraction of sp³-hybridized carbons (Fsp3) is 0.375. The van der Waals surface area contributed by atoms with Crippen LogP contribution in [0.3, 0.4) is 0 Å². The Morgan fingerprint density at radius 2 is 2.05 bits per heavy atom. The fourth-order valence-corrected chi connectivity index (χ4v) is 2.85. The molecule has 3 rings (SSSR count). The molecular weight excluding hydrogens is 287 g/mol. The number of urea groups is 1. The molecule has 1 saturated carbocycles. The molecule has 0 spiro atoms. The third-order valence-corrected chi connectivity index (χ3v) is 4.06. The zero-order chi connectivity index (χ0) is 15.9. The Morgan fingerprint density at radius 3 is 2.64 bits per heavy atom. The van der Waals surface area contributed by atoms with Gasteiger partial charge < -0.3 is 10.1 Å². The van der Waals surface area contributed by atoms with E-state index in [4.69, 9.17) is 4.74 Å². The smallest absolute Gasteiger partial charge is 0.337 e. The summed E-state index contributed by atoms with van der Waals surface area (Å²) in [6.07, 6.45) is 1.81. The summed E-state index contributed by atoms with van der Waals surface area (Å²) >= 11 is 0. The summed E-state index contributed by atoms with van der Waals surface area (Å²) in [5, 5.41) is 2.73. The van der Waals surface area contributed by atoms with Crippen molar-refractivity contribution in [2.45, 2.75) is 31.8 Å². The number of hydrogen-bond donors (Lipinski definition) is 1. The number of nitrogens with zero attached hydrogens (tertiary/aromatic N) is 1. The molecule has 1 heterocycles. The van der Waals surface area contributed by atoms with E-state index in [2.05, 4.69) is 5.32 Å². The first-order valence-corrected chi connectivity index (χ1v) is 7.17. The van der Waals surface area contributed by atoms with Crippen LogP contribution in [0.1, 0.15) is 31.4 Å². The second-order valence-electron chi connectivity index (χ2n) is 5.50. The number of carbonyl (C=O) groups is 2. The molecule has 1 N–H and O–H groups in total. The van der Waals surface area contributed by atoms with Gasteiger partial charge in [-0.2, -0.15) is 0 Å². The number of rotatable bonds is 3. The number of halogens is 1. The van der Waals surface area contributed by atoms with Crippen molar-refractivity contribution in [1.82, 2.24) is 10.2 Å². The number of hydrogen-bond acceptors (Lipinski definition) is 3. The maximum atomic E-state index is 14.1. The van der Waals surface area contributed by atoms with E-state index in [0.717, 1.165) is 12.8 Å². The van der Waals surface area contributed by atoms with Crippen LogP contribution in [-0.4, -0.2) is 30.1 Å². The number of benzene rings is 1. The molecule has 0 radical (unpaired) electrons. The second-order valence-corrected chi connectivity index (χ2v) is 5.50. The highest BCUT2D eigenvalue weighted by Gasteiger charge is 2.42. The number of carbonyl (C=O) groups excluding carboxylic acids is 2. The predicted octanol–water partition coefficient (Wildman–Crippen LogP) is 2.50. The molecule has 2 aliphatic rings. The molecule has 0 unspecified atom stereocenters. The third-order valence-electron chi connectivity index (χ3n) is 4.06. The Labute approximate surface area is 127 Å². The van der Waals surface area contributed by atoms with E-state index in [1.807, 2.05) is 0 Å². The van der Waals surface area contributed by atoms with E-state index in [1.54, 1.807) is 30.0 Å². The van der Waals surface area contributed by atoms with E-state index in [1.165, 1.54) is 13.2 Å². The first-order chi connectivity index (χ1) is 10.5. The third kappa shape index (κ3) is 2.34. The van der Waals surface area contributed by atoms with Crippen molar-refractivity contribution in [2.75, 3.05) is 7.11 Å². The van der Waals surface area contributed by atoms with Gasteiger partial charge in [0.2, 0.25) is 0 Å². The first-order valence-electron chi connectivity index (χ1n) is 7.17. The van der Waals surface area contributed by atoms with Crippen LogP contribution in [0.5, 0.6) is 0 Å². The number of ether oxygens (including phenoxy) is 1. The van der Waals surface area contributed by atoms with Crippen molar-refractivity contribution in [1.29, 1.82) is 0 Å². The minimum absolute atomic E-state index is 0.112. The number of allylic oxidation sites excluding steroid dienone is 1. The van der Waals surface area contributed by atoms with Gasteiger partial charge in [0, 0.05) is 17.3 Å². The van der Waals surface area contributed by atoms with Crippen molar-refractivity contribution in [2.24, 2.45) is 0 Å². The van der Waals surface area contributed by atoms with Gasteiger partial charge in [0.05, 0.1) is 18.7 Å². The summed E-state index contributed by atoms with van der Waals surface area (Å²) in [6.45, 7) is 1.71. The monoisotopic (exact) mass is 304 g/mol. The van der Waals surface area contributed by atoms with Crippen LogP contribution in [0.4, 0.5) is 9.18 Å². The van der Waals surface area contributed by atoms with Crippen LogP contribution >= 0.6 is 0 Å². The van der Waals surface area contributed by atoms with Crippen LogP contribution in [0.25, 0.3) is 0 Å². The van der Waals surface area contributed by atoms with Crippen molar-refractivity contribution < 1.29 is 18.7 Å². The normalized spacial score (nSPS) is 21.7. The highest BCUT2D eigenvalue weighted by molar-refractivity contribution is 5.95. The molecule has 6 heteroatoms. The predicted molar refractivity (Wildman–Crippen MR) is 77.2 cm³/mol. The lowest BCUT2D eigenvalue weighted by atomic mass is 9.94. The van der Waals surface area contributed by atoms with Crippen LogP contribution in [0.15, 0.2) is 35.5 Å². The van der Waals surface area contributed by atoms with Crippen LogP contribution in [0, 0.1) is 5.82 Å². The molecule has 1 aromatic carbocycles. The van der Waals surface area contributed by atoms with Gasteiger partial charge in [-0.05, 0) is 25.8 Å². The number of nitrogens with one attached hydrogen (secondary N) is 1. The number of esters is 1. The van der Waals surface area contributed by atoms with Crippen molar-refractivity contribution in [3.05, 3.63) is 46.9 Å². The minimum atomic E-state index is -0.837. The standard InChI is InChI=1S/C16H17FN2O3/c1-9-13(15(20)22-2)14(11-5-3-4-6-12(11)17)18-16(21)19(9)10-7-8-10/h3-6,10,14H,7-8H2,1-2H3,(H,18,21)/t14-/m1/s1. The zero-order valence-electron chi connectivity index (χ0n) is 12.4. The largest absolute Gasteiger partial charge is 0.466 e. The van der Waals surface area contributed by atoms with Gasteiger partial charge >= 0.3 is 12.0 Å². The number of methoxy groups -OCH3 is 1. The van der Waals surface area contributed by atoms with E-state index in [-0.39, 0.29) is 23.2 Å². The van der Waals surface area contributed by atoms with Gasteiger partial charge in [-0.3, -0.25) is 4.90 Å². The molecule has 116 valence electrons. The molecule has 1 fully saturated rings. The molecule has 0 aromatic heterocycles. The zero-order valence-corrected chi connectivity index (χ0v) is 12.4. The maximum absolute atomic E-state index is 14.1. The van der Waals surface area contributed by atoms with Crippen LogP contribution in [-0.2, 0) is 9.53 Å². The van der Waals surface area contributed by atoms with Gasteiger partial charge in [-0.25, -0.2) is 14.0 Å². The maximum Gasteiger partial charge on any atom is 0.337 e. The molecule has 5 nitrogen and oxygen atoms in total. The SMILES string of the molecule is COC(=O)C1=C(C)N(C2CC2)C(=O)N[C@@H]1c1ccccc1F. The van der Waals surface area contributed by atoms with E-state index in [9.17, 15) is 14.0 Å². The lowest BCUT2D eigenvalue weighted by Gasteiger charge is -2.35. The topological polar surface area (TPSA) is 58.6 Å². The molecule has 1 aliphatic heterocycles. The van der Waals surface area contributed by atoms with Crippen LogP contribution in [0.2, 0.25) is 0 Å². The van der Waals surface area contributed by atoms with Gasteiger partial charge in [0.25, 0.3) is 0 Å². The molecule has 22 heavy (non-hydrogen) atoms. The van der Waals surface area contributed by atoms with Gasteiger partial charge in [-0.1, -0.05) is 18.2 Å². The Morgan fingerprint density at radius 1 is 1.36 bits per heavy atom. The second kappa shape index (κ2) is 5.44. The van der Waals surface area contributed by atoms with Gasteiger partial charge in [-0.15, -0.1) is 0 Å². The Kier molecular flexibility index (Phi) is 3.60. The number of amides is 2. The van der Waals surface area contributed by atoms with Gasteiger partial charge in [0.1, 0.15) is 5.82 Å². The highest BCUT2D eigenvalue weighted by atomic mass is 19.1. The average molecular weight is 304 g/mol. The summed E-state index contributed by atoms with van der Waals surface area (Å²) in [7, 11) is 1.28. The summed E-state index contributed by atoms with van der Waals surface area (Å²) in [6, 6.07) is 5.07. The average Bonchev–Trinajstić information content (AvgIpc) is 3.31. The van der Waals surface area contributed by atoms with E-state index in [0.29, 0.717) is 5.70 Å². The molecule has 1 aliphatic carbocycles. The molecule has 2 amide bonds. The molecule has 0 bridgehead atoms. The first kappa shape index (κ1) is 14.6. The van der Waals surface area contributed by atoms with E-state index < -0.39 is 17.8 Å². The fourth-order valence-electron chi connectivity index (χ4n) is 2.85. The van der Waals surface area contributed by atoms with Crippen molar-refractivity contribution in [3.8, 4) is 0 Å². The minimum Gasteiger partial charge on any atom is -0.466 e. The molecular formula is C16H17FN2O3.